The van der Waals surface area contributed by atoms with Crippen molar-refractivity contribution >= 4 is 22.5 Å². The van der Waals surface area contributed by atoms with Crippen molar-refractivity contribution in [3.8, 4) is 0 Å². The zero-order chi connectivity index (χ0) is 14.1. The van der Waals surface area contributed by atoms with E-state index < -0.39 is 0 Å². The highest BCUT2D eigenvalue weighted by Crippen LogP contribution is 2.28. The molecule has 1 N–H and O–H groups in total. The number of carbonyl (C=O) groups is 1. The maximum absolute atomic E-state index is 12.4. The van der Waals surface area contributed by atoms with Crippen LogP contribution in [0.3, 0.4) is 0 Å². The van der Waals surface area contributed by atoms with Gasteiger partial charge in [-0.1, -0.05) is 6.92 Å². The van der Waals surface area contributed by atoms with E-state index in [1.807, 2.05) is 10.3 Å². The molecule has 2 amide bonds. The summed E-state index contributed by atoms with van der Waals surface area (Å²) in [4.78, 5) is 21.2. The first-order chi connectivity index (χ1) is 9.67. The third kappa shape index (κ3) is 2.67. The van der Waals surface area contributed by atoms with Gasteiger partial charge in [-0.15, -0.1) is 11.3 Å². The molecule has 0 aromatic carbocycles. The molecule has 0 aliphatic carbocycles. The summed E-state index contributed by atoms with van der Waals surface area (Å²) in [6.07, 6.45) is 4.48. The molecule has 20 heavy (non-hydrogen) atoms. The van der Waals surface area contributed by atoms with Gasteiger partial charge in [0.25, 0.3) is 0 Å². The number of urea groups is 1. The van der Waals surface area contributed by atoms with Crippen molar-refractivity contribution in [2.45, 2.75) is 44.7 Å². The number of amides is 2. The molecule has 2 aliphatic rings. The molecule has 110 valence electrons. The van der Waals surface area contributed by atoms with E-state index >= 15 is 0 Å². The number of aromatic nitrogens is 1. The minimum Gasteiger partial charge on any atom is -0.323 e. The summed E-state index contributed by atoms with van der Waals surface area (Å²) in [6.45, 7) is 3.76. The van der Waals surface area contributed by atoms with E-state index in [2.05, 4.69) is 29.2 Å². The Bertz CT molecular complexity index is 489. The lowest BCUT2D eigenvalue weighted by atomic mass is 10.1. The van der Waals surface area contributed by atoms with Crippen molar-refractivity contribution in [3.63, 3.8) is 0 Å². The van der Waals surface area contributed by atoms with Crippen LogP contribution in [0.1, 0.15) is 31.9 Å². The Morgan fingerprint density at radius 1 is 1.45 bits per heavy atom. The fourth-order valence-electron chi connectivity index (χ4n) is 3.19. The molecule has 2 bridgehead atoms. The number of likely N-dealkylation sites (tertiary alicyclic amines) is 1. The molecule has 0 radical (unpaired) electrons. The van der Waals surface area contributed by atoms with Crippen LogP contribution in [-0.4, -0.2) is 53.0 Å². The van der Waals surface area contributed by atoms with Gasteiger partial charge < -0.3 is 4.90 Å². The van der Waals surface area contributed by atoms with Crippen LogP contribution in [0.4, 0.5) is 9.93 Å². The number of fused-ring (bicyclic) bond motifs is 2. The fraction of sp³-hybridized carbons (Fsp3) is 0.714. The predicted octanol–water partition coefficient (Wildman–Crippen LogP) is 2.41. The van der Waals surface area contributed by atoms with Crippen LogP contribution in [-0.2, 0) is 6.42 Å². The van der Waals surface area contributed by atoms with Gasteiger partial charge in [0.05, 0.1) is 5.69 Å². The van der Waals surface area contributed by atoms with Crippen molar-refractivity contribution in [1.82, 2.24) is 14.8 Å². The fourth-order valence-corrected chi connectivity index (χ4v) is 3.97. The standard InChI is InChI=1S/C14H22N4OS/c1-3-10-9-20-13(15-10)16-14(19)18-7-6-11-4-5-12(8-18)17(11)2/h9,11-12H,3-8H2,1-2H3,(H,15,16,19). The quantitative estimate of drug-likeness (QED) is 0.911. The minimum atomic E-state index is 0.00273. The van der Waals surface area contributed by atoms with E-state index in [0.717, 1.165) is 36.8 Å². The lowest BCUT2D eigenvalue weighted by molar-refractivity contribution is 0.200. The van der Waals surface area contributed by atoms with E-state index in [1.54, 1.807) is 0 Å². The Morgan fingerprint density at radius 2 is 2.25 bits per heavy atom. The third-order valence-corrected chi connectivity index (χ3v) is 5.37. The number of aryl methyl sites for hydroxylation is 1. The lowest BCUT2D eigenvalue weighted by Gasteiger charge is -2.25. The summed E-state index contributed by atoms with van der Waals surface area (Å²) in [5.41, 5.74) is 1.04. The number of nitrogens with zero attached hydrogens (tertiary/aromatic N) is 3. The maximum Gasteiger partial charge on any atom is 0.323 e. The number of nitrogens with one attached hydrogen (secondary N) is 1. The summed E-state index contributed by atoms with van der Waals surface area (Å²) >= 11 is 1.51. The molecule has 0 saturated carbocycles. The second-order valence-corrected chi connectivity index (χ2v) is 6.57. The zero-order valence-corrected chi connectivity index (χ0v) is 12.9. The van der Waals surface area contributed by atoms with Crippen molar-refractivity contribution in [2.75, 3.05) is 25.5 Å². The highest BCUT2D eigenvalue weighted by Gasteiger charge is 2.36. The SMILES string of the molecule is CCc1csc(NC(=O)N2CCC3CCC(C2)N3C)n1. The number of rotatable bonds is 2. The van der Waals surface area contributed by atoms with Gasteiger partial charge >= 0.3 is 6.03 Å². The Labute approximate surface area is 124 Å². The summed E-state index contributed by atoms with van der Waals surface area (Å²) in [5, 5.41) is 5.67. The minimum absolute atomic E-state index is 0.00273. The van der Waals surface area contributed by atoms with Crippen LogP contribution in [0, 0.1) is 0 Å². The van der Waals surface area contributed by atoms with Crippen molar-refractivity contribution < 1.29 is 4.79 Å². The number of thiazole rings is 1. The third-order valence-electron chi connectivity index (χ3n) is 4.56. The number of hydrogen-bond donors (Lipinski definition) is 1. The first kappa shape index (κ1) is 13.8. The van der Waals surface area contributed by atoms with E-state index in [0.29, 0.717) is 12.1 Å². The average Bonchev–Trinajstić information content (AvgIpc) is 2.95. The van der Waals surface area contributed by atoms with E-state index in [4.69, 9.17) is 0 Å². The van der Waals surface area contributed by atoms with Gasteiger partial charge in [-0.05, 0) is 32.7 Å². The van der Waals surface area contributed by atoms with Gasteiger partial charge in [-0.2, -0.15) is 0 Å². The smallest absolute Gasteiger partial charge is 0.323 e. The molecule has 2 unspecified atom stereocenters. The van der Waals surface area contributed by atoms with Gasteiger partial charge in [0.1, 0.15) is 0 Å². The number of carbonyl (C=O) groups excluding carboxylic acids is 1. The molecule has 0 spiro atoms. The van der Waals surface area contributed by atoms with Crippen LogP contribution in [0.25, 0.3) is 0 Å². The zero-order valence-electron chi connectivity index (χ0n) is 12.1. The van der Waals surface area contributed by atoms with Crippen LogP contribution in [0.15, 0.2) is 5.38 Å². The Kier molecular flexibility index (Phi) is 3.94. The predicted molar refractivity (Wildman–Crippen MR) is 81.3 cm³/mol. The molecule has 3 rings (SSSR count). The van der Waals surface area contributed by atoms with Gasteiger partial charge in [-0.3, -0.25) is 10.2 Å². The summed E-state index contributed by atoms with van der Waals surface area (Å²) in [7, 11) is 2.19. The van der Waals surface area contributed by atoms with Crippen molar-refractivity contribution in [3.05, 3.63) is 11.1 Å². The van der Waals surface area contributed by atoms with Gasteiger partial charge in [0, 0.05) is 30.6 Å². The molecule has 6 heteroatoms. The number of likely N-dealkylation sites (N-methyl/N-ethyl adjacent to an activating group) is 1. The summed E-state index contributed by atoms with van der Waals surface area (Å²) < 4.78 is 0. The monoisotopic (exact) mass is 294 g/mol. The van der Waals surface area contributed by atoms with Crippen molar-refractivity contribution in [2.24, 2.45) is 0 Å². The van der Waals surface area contributed by atoms with Crippen LogP contribution < -0.4 is 5.32 Å². The molecule has 3 heterocycles. The Morgan fingerprint density at radius 3 is 3.00 bits per heavy atom. The molecule has 2 fully saturated rings. The second-order valence-electron chi connectivity index (χ2n) is 5.71. The number of hydrogen-bond acceptors (Lipinski definition) is 4. The van der Waals surface area contributed by atoms with Crippen LogP contribution >= 0.6 is 11.3 Å². The van der Waals surface area contributed by atoms with Gasteiger partial charge in [0.15, 0.2) is 5.13 Å². The Hall–Kier alpha value is -1.14. The van der Waals surface area contributed by atoms with E-state index in [9.17, 15) is 4.79 Å². The van der Waals surface area contributed by atoms with Gasteiger partial charge in [-0.25, -0.2) is 9.78 Å². The average molecular weight is 294 g/mol. The molecular weight excluding hydrogens is 272 g/mol. The topological polar surface area (TPSA) is 48.5 Å². The van der Waals surface area contributed by atoms with E-state index in [1.165, 1.54) is 24.2 Å². The Balaban J connectivity index is 1.62. The normalized spacial score (nSPS) is 26.6. The summed E-state index contributed by atoms with van der Waals surface area (Å²) in [6, 6.07) is 1.18. The molecule has 1 aromatic rings. The second kappa shape index (κ2) is 5.69. The highest BCUT2D eigenvalue weighted by molar-refractivity contribution is 7.13. The van der Waals surface area contributed by atoms with Crippen molar-refractivity contribution in [1.29, 1.82) is 0 Å². The number of anilines is 1. The largest absolute Gasteiger partial charge is 0.323 e. The molecule has 2 saturated heterocycles. The van der Waals surface area contributed by atoms with Gasteiger partial charge in [0.2, 0.25) is 0 Å². The maximum atomic E-state index is 12.4. The highest BCUT2D eigenvalue weighted by atomic mass is 32.1. The first-order valence-corrected chi connectivity index (χ1v) is 8.27. The van der Waals surface area contributed by atoms with Crippen LogP contribution in [0.2, 0.25) is 0 Å². The molecule has 5 nitrogen and oxygen atoms in total. The van der Waals surface area contributed by atoms with Crippen LogP contribution in [0.5, 0.6) is 0 Å². The van der Waals surface area contributed by atoms with E-state index in [-0.39, 0.29) is 6.03 Å². The first-order valence-electron chi connectivity index (χ1n) is 7.39. The summed E-state index contributed by atoms with van der Waals surface area (Å²) in [5.74, 6) is 0. The molecule has 2 atom stereocenters. The molecular formula is C14H22N4OS. The molecule has 1 aromatic heterocycles. The molecule has 2 aliphatic heterocycles. The lowest BCUT2D eigenvalue weighted by Crippen LogP contribution is -2.41.